The Kier molecular flexibility index (Phi) is 2.15. The molecule has 1 N–H and O–H groups in total. The lowest BCUT2D eigenvalue weighted by molar-refractivity contribution is -0.388. The van der Waals surface area contributed by atoms with Gasteiger partial charge in [-0.05, 0) is 12.1 Å². The fraction of sp³-hybridized carbons (Fsp3) is 0. The number of halogens is 2. The first-order valence-corrected chi connectivity index (χ1v) is 4.13. The van der Waals surface area contributed by atoms with Gasteiger partial charge in [-0.1, -0.05) is 0 Å². The Labute approximate surface area is 87.1 Å². The molecule has 0 radical (unpaired) electrons. The largest absolute Gasteiger partial charge is 0.500 e. The van der Waals surface area contributed by atoms with E-state index in [4.69, 9.17) is 0 Å². The number of nitrogens with zero attached hydrogens (tertiary/aromatic N) is 2. The smallest absolute Gasteiger partial charge is 0.351 e. The fourth-order valence-electron chi connectivity index (χ4n) is 1.38. The third-order valence-electron chi connectivity index (χ3n) is 2.08. The minimum Gasteiger partial charge on any atom is -0.500 e. The van der Waals surface area contributed by atoms with E-state index in [9.17, 15) is 24.0 Å². The summed E-state index contributed by atoms with van der Waals surface area (Å²) < 4.78 is 26.6. The summed E-state index contributed by atoms with van der Waals surface area (Å²) in [6.45, 7) is 0. The fourth-order valence-corrected chi connectivity index (χ4v) is 1.38. The van der Waals surface area contributed by atoms with Gasteiger partial charge in [-0.2, -0.15) is 4.39 Å². The molecule has 0 saturated heterocycles. The average molecular weight is 226 g/mol. The van der Waals surface area contributed by atoms with Gasteiger partial charge < -0.3 is 5.11 Å². The number of hydrogen-bond acceptors (Lipinski definition) is 4. The summed E-state index contributed by atoms with van der Waals surface area (Å²) in [5.41, 5.74) is -1.64. The Morgan fingerprint density at radius 3 is 2.69 bits per heavy atom. The predicted molar refractivity (Wildman–Crippen MR) is 50.0 cm³/mol. The van der Waals surface area contributed by atoms with Crippen molar-refractivity contribution in [3.8, 4) is 5.75 Å². The van der Waals surface area contributed by atoms with Crippen LogP contribution in [0.5, 0.6) is 5.75 Å². The number of benzene rings is 1. The maximum atomic E-state index is 13.4. The predicted octanol–water partition coefficient (Wildman–Crippen LogP) is 2.13. The van der Waals surface area contributed by atoms with E-state index in [0.717, 1.165) is 0 Å². The molecule has 1 aromatic heterocycles. The van der Waals surface area contributed by atoms with Crippen LogP contribution in [0.3, 0.4) is 0 Å². The molecule has 0 fully saturated rings. The third kappa shape index (κ3) is 1.25. The van der Waals surface area contributed by atoms with Gasteiger partial charge in [0.2, 0.25) is 11.6 Å². The van der Waals surface area contributed by atoms with E-state index in [1.54, 1.807) is 0 Å². The first-order valence-electron chi connectivity index (χ1n) is 4.13. The lowest BCUT2D eigenvalue weighted by atomic mass is 10.1. The highest BCUT2D eigenvalue weighted by molar-refractivity contribution is 5.88. The molecule has 5 nitrogen and oxygen atoms in total. The number of aromatic hydroxyl groups is 1. The van der Waals surface area contributed by atoms with Crippen molar-refractivity contribution < 1.29 is 18.8 Å². The minimum absolute atomic E-state index is 0.303. The lowest BCUT2D eigenvalue weighted by Crippen LogP contribution is -1.98. The quantitative estimate of drug-likeness (QED) is 0.596. The van der Waals surface area contributed by atoms with E-state index in [-0.39, 0.29) is 10.9 Å². The average Bonchev–Trinajstić information content (AvgIpc) is 2.26. The molecule has 2 rings (SSSR count). The van der Waals surface area contributed by atoms with E-state index in [1.807, 2.05) is 0 Å². The van der Waals surface area contributed by atoms with E-state index in [2.05, 4.69) is 4.98 Å². The lowest BCUT2D eigenvalue weighted by Gasteiger charge is -2.03. The molecular weight excluding hydrogens is 222 g/mol. The topological polar surface area (TPSA) is 76.3 Å². The second-order valence-corrected chi connectivity index (χ2v) is 2.98. The van der Waals surface area contributed by atoms with Crippen molar-refractivity contribution in [1.82, 2.24) is 4.98 Å². The van der Waals surface area contributed by atoms with Gasteiger partial charge in [-0.25, -0.2) is 4.39 Å². The molecule has 0 aliphatic heterocycles. The highest BCUT2D eigenvalue weighted by atomic mass is 19.2. The van der Waals surface area contributed by atoms with Crippen LogP contribution in [-0.2, 0) is 0 Å². The van der Waals surface area contributed by atoms with Crippen LogP contribution in [0.4, 0.5) is 14.5 Å². The zero-order valence-electron chi connectivity index (χ0n) is 7.65. The van der Waals surface area contributed by atoms with Gasteiger partial charge in [0.15, 0.2) is 5.82 Å². The summed E-state index contributed by atoms with van der Waals surface area (Å²) >= 11 is 0. The molecule has 0 atom stereocenters. The van der Waals surface area contributed by atoms with Gasteiger partial charge in [0.05, 0.1) is 4.92 Å². The zero-order valence-corrected chi connectivity index (χ0v) is 7.65. The number of phenolic OH excluding ortho intramolecular Hbond substituents is 1. The van der Waals surface area contributed by atoms with Crippen molar-refractivity contribution in [3.63, 3.8) is 0 Å². The molecule has 1 heterocycles. The molecule has 0 spiro atoms. The van der Waals surface area contributed by atoms with Gasteiger partial charge in [-0.3, -0.25) is 15.1 Å². The van der Waals surface area contributed by atoms with Crippen LogP contribution in [-0.4, -0.2) is 15.0 Å². The molecule has 1 aromatic carbocycles. The Morgan fingerprint density at radius 1 is 1.38 bits per heavy atom. The summed E-state index contributed by atoms with van der Waals surface area (Å²) in [6.07, 6.45) is 1.21. The molecule has 0 bridgehead atoms. The van der Waals surface area contributed by atoms with Crippen molar-refractivity contribution in [2.75, 3.05) is 0 Å². The van der Waals surface area contributed by atoms with Crippen molar-refractivity contribution in [2.45, 2.75) is 0 Å². The Bertz CT molecular complexity index is 601. The number of rotatable bonds is 1. The third-order valence-corrected chi connectivity index (χ3v) is 2.08. The van der Waals surface area contributed by atoms with Crippen molar-refractivity contribution in [1.29, 1.82) is 0 Å². The second kappa shape index (κ2) is 3.37. The van der Waals surface area contributed by atoms with Gasteiger partial charge >= 0.3 is 5.69 Å². The van der Waals surface area contributed by atoms with Crippen molar-refractivity contribution in [3.05, 3.63) is 40.1 Å². The van der Waals surface area contributed by atoms with Crippen LogP contribution in [0.1, 0.15) is 0 Å². The minimum atomic E-state index is -1.69. The summed E-state index contributed by atoms with van der Waals surface area (Å²) in [4.78, 5) is 12.8. The number of nitro groups is 1. The SMILES string of the molecule is O=[N+]([O-])c1c(F)c(F)c2cccnc2c1O. The van der Waals surface area contributed by atoms with E-state index in [1.165, 1.54) is 18.3 Å². The number of hydrogen-bond donors (Lipinski definition) is 1. The Hall–Kier alpha value is -2.31. The highest BCUT2D eigenvalue weighted by Crippen LogP contribution is 2.37. The molecule has 16 heavy (non-hydrogen) atoms. The molecule has 0 saturated carbocycles. The second-order valence-electron chi connectivity index (χ2n) is 2.98. The summed E-state index contributed by atoms with van der Waals surface area (Å²) in [6, 6.07) is 2.50. The van der Waals surface area contributed by atoms with Crippen LogP contribution in [0, 0.1) is 21.7 Å². The van der Waals surface area contributed by atoms with Crippen LogP contribution in [0.2, 0.25) is 0 Å². The molecule has 0 unspecified atom stereocenters. The van der Waals surface area contributed by atoms with Crippen LogP contribution in [0.15, 0.2) is 18.3 Å². The maximum absolute atomic E-state index is 13.4. The standard InChI is InChI=1S/C9H4F2N2O3/c10-5-4-2-1-3-12-7(4)9(14)8(6(5)11)13(15)16/h1-3,14H. The molecule has 0 aliphatic rings. The number of pyridine rings is 1. The number of fused-ring (bicyclic) bond motifs is 1. The number of aromatic nitrogens is 1. The van der Waals surface area contributed by atoms with Crippen LogP contribution in [0.25, 0.3) is 10.9 Å². The molecule has 7 heteroatoms. The highest BCUT2D eigenvalue weighted by Gasteiger charge is 2.28. The van der Waals surface area contributed by atoms with Crippen molar-refractivity contribution >= 4 is 16.6 Å². The molecular formula is C9H4F2N2O3. The van der Waals surface area contributed by atoms with Crippen LogP contribution >= 0.6 is 0 Å². The molecule has 82 valence electrons. The van der Waals surface area contributed by atoms with Gasteiger partial charge in [0, 0.05) is 11.6 Å². The van der Waals surface area contributed by atoms with Crippen LogP contribution < -0.4 is 0 Å². The summed E-state index contributed by atoms with van der Waals surface area (Å²) in [5.74, 6) is -4.06. The monoisotopic (exact) mass is 226 g/mol. The van der Waals surface area contributed by atoms with E-state index >= 15 is 0 Å². The molecule has 2 aromatic rings. The van der Waals surface area contributed by atoms with Gasteiger partial charge in [-0.15, -0.1) is 0 Å². The molecule has 0 aliphatic carbocycles. The number of nitro benzene ring substituents is 1. The normalized spacial score (nSPS) is 10.6. The van der Waals surface area contributed by atoms with Gasteiger partial charge in [0.1, 0.15) is 5.52 Å². The summed E-state index contributed by atoms with van der Waals surface area (Å²) in [7, 11) is 0. The van der Waals surface area contributed by atoms with Crippen molar-refractivity contribution in [2.24, 2.45) is 0 Å². The van der Waals surface area contributed by atoms with E-state index < -0.39 is 28.0 Å². The number of phenols is 1. The summed E-state index contributed by atoms with van der Waals surface area (Å²) in [5, 5.41) is 19.6. The van der Waals surface area contributed by atoms with Gasteiger partial charge in [0.25, 0.3) is 0 Å². The zero-order chi connectivity index (χ0) is 11.9. The van der Waals surface area contributed by atoms with E-state index in [0.29, 0.717) is 0 Å². The first-order chi connectivity index (χ1) is 7.54. The molecule has 0 amide bonds. The Balaban J connectivity index is 3.00. The first kappa shape index (κ1) is 10.2. The maximum Gasteiger partial charge on any atom is 0.351 e. The Morgan fingerprint density at radius 2 is 2.06 bits per heavy atom.